The Kier molecular flexibility index (Phi) is 4.77. The van der Waals surface area contributed by atoms with Gasteiger partial charge in [0.15, 0.2) is 11.6 Å². The third-order valence-corrected chi connectivity index (χ3v) is 3.79. The molecule has 0 aliphatic carbocycles. The molecule has 1 aromatic carbocycles. The molecule has 0 aliphatic rings. The lowest BCUT2D eigenvalue weighted by Crippen LogP contribution is -2.08. The van der Waals surface area contributed by atoms with Gasteiger partial charge in [-0.2, -0.15) is 0 Å². The SMILES string of the molecule is Cc1cccc(Nc2ncnc(NCc3ccccc3Cl)c2N)n1. The van der Waals surface area contributed by atoms with Crippen molar-refractivity contribution in [3.63, 3.8) is 0 Å². The summed E-state index contributed by atoms with van der Waals surface area (Å²) in [6.45, 7) is 2.44. The van der Waals surface area contributed by atoms with E-state index in [9.17, 15) is 0 Å². The number of halogens is 1. The van der Waals surface area contributed by atoms with Crippen molar-refractivity contribution in [3.8, 4) is 0 Å². The number of nitrogens with one attached hydrogen (secondary N) is 2. The van der Waals surface area contributed by atoms with Crippen LogP contribution in [0.15, 0.2) is 48.8 Å². The Bertz CT molecular complexity index is 852. The summed E-state index contributed by atoms with van der Waals surface area (Å²) in [4.78, 5) is 12.8. The summed E-state index contributed by atoms with van der Waals surface area (Å²) < 4.78 is 0. The van der Waals surface area contributed by atoms with Gasteiger partial charge in [-0.05, 0) is 30.7 Å². The Morgan fingerprint density at radius 3 is 2.62 bits per heavy atom. The summed E-state index contributed by atoms with van der Waals surface area (Å²) in [5.74, 6) is 1.72. The Morgan fingerprint density at radius 1 is 1.04 bits per heavy atom. The number of hydrogen-bond donors (Lipinski definition) is 3. The Balaban J connectivity index is 1.77. The highest BCUT2D eigenvalue weighted by Crippen LogP contribution is 2.26. The maximum absolute atomic E-state index is 6.16. The molecule has 4 N–H and O–H groups in total. The fourth-order valence-corrected chi connectivity index (χ4v) is 2.39. The second-order valence-corrected chi connectivity index (χ2v) is 5.63. The summed E-state index contributed by atoms with van der Waals surface area (Å²) in [5.41, 5.74) is 8.46. The quantitative estimate of drug-likeness (QED) is 0.655. The van der Waals surface area contributed by atoms with Gasteiger partial charge in [0.1, 0.15) is 17.8 Å². The minimum Gasteiger partial charge on any atom is -0.393 e. The van der Waals surface area contributed by atoms with E-state index < -0.39 is 0 Å². The van der Waals surface area contributed by atoms with Crippen LogP contribution in [0.5, 0.6) is 0 Å². The first-order valence-electron chi connectivity index (χ1n) is 7.42. The zero-order chi connectivity index (χ0) is 16.9. The van der Waals surface area contributed by atoms with Gasteiger partial charge in [-0.15, -0.1) is 0 Å². The zero-order valence-electron chi connectivity index (χ0n) is 13.1. The minimum atomic E-state index is 0.424. The first-order valence-corrected chi connectivity index (χ1v) is 7.79. The van der Waals surface area contributed by atoms with Crippen LogP contribution in [0.2, 0.25) is 5.02 Å². The third-order valence-electron chi connectivity index (χ3n) is 3.42. The molecule has 0 radical (unpaired) electrons. The number of pyridine rings is 1. The molecular formula is C17H17ClN6. The normalized spacial score (nSPS) is 10.4. The monoisotopic (exact) mass is 340 g/mol. The average Bonchev–Trinajstić information content (AvgIpc) is 2.57. The highest BCUT2D eigenvalue weighted by Gasteiger charge is 2.09. The summed E-state index contributed by atoms with van der Waals surface area (Å²) in [7, 11) is 0. The third kappa shape index (κ3) is 3.72. The molecule has 0 amide bonds. The average molecular weight is 341 g/mol. The van der Waals surface area contributed by atoms with Gasteiger partial charge in [-0.1, -0.05) is 35.9 Å². The Morgan fingerprint density at radius 2 is 1.83 bits per heavy atom. The van der Waals surface area contributed by atoms with Crippen molar-refractivity contribution in [3.05, 3.63) is 65.1 Å². The predicted octanol–water partition coefficient (Wildman–Crippen LogP) is 3.77. The van der Waals surface area contributed by atoms with E-state index in [1.165, 1.54) is 6.33 Å². The maximum Gasteiger partial charge on any atom is 0.160 e. The smallest absolute Gasteiger partial charge is 0.160 e. The number of nitrogen functional groups attached to an aromatic ring is 1. The van der Waals surface area contributed by atoms with Crippen molar-refractivity contribution in [2.24, 2.45) is 0 Å². The van der Waals surface area contributed by atoms with Gasteiger partial charge in [0.2, 0.25) is 0 Å². The lowest BCUT2D eigenvalue weighted by molar-refractivity contribution is 1.08. The van der Waals surface area contributed by atoms with E-state index in [0.29, 0.717) is 34.7 Å². The molecule has 2 heterocycles. The number of hydrogen-bond acceptors (Lipinski definition) is 6. The van der Waals surface area contributed by atoms with Gasteiger partial charge in [-0.3, -0.25) is 0 Å². The molecule has 0 saturated carbocycles. The van der Waals surface area contributed by atoms with Gasteiger partial charge in [0, 0.05) is 17.3 Å². The minimum absolute atomic E-state index is 0.424. The molecule has 3 rings (SSSR count). The van der Waals surface area contributed by atoms with E-state index in [4.69, 9.17) is 17.3 Å². The summed E-state index contributed by atoms with van der Waals surface area (Å²) >= 11 is 6.16. The van der Waals surface area contributed by atoms with Crippen molar-refractivity contribution in [1.29, 1.82) is 0 Å². The Hall–Kier alpha value is -2.86. The molecule has 6 nitrogen and oxygen atoms in total. The molecule has 0 aliphatic heterocycles. The van der Waals surface area contributed by atoms with Crippen molar-refractivity contribution in [2.75, 3.05) is 16.4 Å². The molecule has 0 bridgehead atoms. The van der Waals surface area contributed by atoms with Crippen LogP contribution in [0.4, 0.5) is 23.1 Å². The fraction of sp³-hybridized carbons (Fsp3) is 0.118. The molecular weight excluding hydrogens is 324 g/mol. The van der Waals surface area contributed by atoms with E-state index in [1.54, 1.807) is 0 Å². The van der Waals surface area contributed by atoms with Crippen molar-refractivity contribution in [1.82, 2.24) is 15.0 Å². The molecule has 0 spiro atoms. The second kappa shape index (κ2) is 7.14. The van der Waals surface area contributed by atoms with Gasteiger partial charge in [-0.25, -0.2) is 15.0 Å². The zero-order valence-corrected chi connectivity index (χ0v) is 13.9. The molecule has 0 unspecified atom stereocenters. The van der Waals surface area contributed by atoms with Gasteiger partial charge < -0.3 is 16.4 Å². The fourth-order valence-electron chi connectivity index (χ4n) is 2.19. The van der Waals surface area contributed by atoms with Crippen LogP contribution in [-0.2, 0) is 6.54 Å². The number of anilines is 4. The van der Waals surface area contributed by atoms with E-state index in [0.717, 1.165) is 11.3 Å². The first-order chi connectivity index (χ1) is 11.6. The predicted molar refractivity (Wildman–Crippen MR) is 97.5 cm³/mol. The number of benzene rings is 1. The van der Waals surface area contributed by atoms with E-state index >= 15 is 0 Å². The van der Waals surface area contributed by atoms with Crippen LogP contribution in [0, 0.1) is 6.92 Å². The summed E-state index contributed by atoms with van der Waals surface area (Å²) in [6.07, 6.45) is 1.45. The van der Waals surface area contributed by atoms with Gasteiger partial charge in [0.25, 0.3) is 0 Å². The van der Waals surface area contributed by atoms with Gasteiger partial charge in [0.05, 0.1) is 0 Å². The lowest BCUT2D eigenvalue weighted by atomic mass is 10.2. The molecule has 24 heavy (non-hydrogen) atoms. The number of aryl methyl sites for hydroxylation is 1. The van der Waals surface area contributed by atoms with Crippen molar-refractivity contribution < 1.29 is 0 Å². The summed E-state index contributed by atoms with van der Waals surface area (Å²) in [6, 6.07) is 13.3. The largest absolute Gasteiger partial charge is 0.393 e. The van der Waals surface area contributed by atoms with E-state index in [2.05, 4.69) is 25.6 Å². The lowest BCUT2D eigenvalue weighted by Gasteiger charge is -2.13. The molecule has 7 heteroatoms. The van der Waals surface area contributed by atoms with Crippen LogP contribution >= 0.6 is 11.6 Å². The van der Waals surface area contributed by atoms with Crippen LogP contribution in [0.25, 0.3) is 0 Å². The topological polar surface area (TPSA) is 88.8 Å². The molecule has 0 fully saturated rings. The van der Waals surface area contributed by atoms with Crippen molar-refractivity contribution in [2.45, 2.75) is 13.5 Å². The van der Waals surface area contributed by atoms with Crippen LogP contribution < -0.4 is 16.4 Å². The molecule has 122 valence electrons. The van der Waals surface area contributed by atoms with Crippen LogP contribution in [0.1, 0.15) is 11.3 Å². The summed E-state index contributed by atoms with van der Waals surface area (Å²) in [5, 5.41) is 6.99. The molecule has 0 atom stereocenters. The van der Waals surface area contributed by atoms with Gasteiger partial charge >= 0.3 is 0 Å². The van der Waals surface area contributed by atoms with Crippen LogP contribution in [0.3, 0.4) is 0 Å². The standard InChI is InChI=1S/C17H17ClN6/c1-11-5-4-8-14(23-11)24-17-15(19)16(21-10-22-17)20-9-12-6-2-3-7-13(12)18/h2-8,10H,9,19H2,1H3,(H2,20,21,22,23,24). The molecule has 3 aromatic rings. The first kappa shape index (κ1) is 16.0. The van der Waals surface area contributed by atoms with Crippen molar-refractivity contribution >= 4 is 34.7 Å². The van der Waals surface area contributed by atoms with Crippen LogP contribution in [-0.4, -0.2) is 15.0 Å². The Labute approximate surface area is 145 Å². The number of nitrogens with two attached hydrogens (primary N) is 1. The number of nitrogens with zero attached hydrogens (tertiary/aromatic N) is 3. The maximum atomic E-state index is 6.16. The van der Waals surface area contributed by atoms with E-state index in [-0.39, 0.29) is 0 Å². The second-order valence-electron chi connectivity index (χ2n) is 5.22. The molecule has 2 aromatic heterocycles. The highest BCUT2D eigenvalue weighted by molar-refractivity contribution is 6.31. The number of aromatic nitrogens is 3. The number of rotatable bonds is 5. The van der Waals surface area contributed by atoms with E-state index in [1.807, 2.05) is 49.4 Å². The molecule has 0 saturated heterocycles. The highest BCUT2D eigenvalue weighted by atomic mass is 35.5.